The molecule has 8 nitrogen and oxygen atoms in total. The fourth-order valence-electron chi connectivity index (χ4n) is 4.34. The molecule has 0 aliphatic carbocycles. The molecule has 1 aliphatic rings. The maximum absolute atomic E-state index is 13.4. The Morgan fingerprint density at radius 3 is 2.79 bits per heavy atom. The van der Waals surface area contributed by atoms with Crippen LogP contribution in [0.2, 0.25) is 0 Å². The van der Waals surface area contributed by atoms with Crippen molar-refractivity contribution in [1.82, 2.24) is 15.3 Å². The third-order valence-corrected chi connectivity index (χ3v) is 6.02. The van der Waals surface area contributed by atoms with E-state index in [4.69, 9.17) is 9.47 Å². The number of methoxy groups -OCH3 is 1. The number of H-pyrrole nitrogens is 1. The number of nitrogens with zero attached hydrogens (tertiary/aromatic N) is 2. The molecular formula is C26H30N4O4. The van der Waals surface area contributed by atoms with Gasteiger partial charge in [-0.1, -0.05) is 0 Å². The first-order valence-electron chi connectivity index (χ1n) is 11.3. The van der Waals surface area contributed by atoms with Crippen LogP contribution in [0.15, 0.2) is 41.3 Å². The van der Waals surface area contributed by atoms with E-state index < -0.39 is 0 Å². The largest absolute Gasteiger partial charge is 0.489 e. The molecule has 0 bridgehead atoms. The van der Waals surface area contributed by atoms with Crippen molar-refractivity contribution in [3.8, 4) is 22.8 Å². The van der Waals surface area contributed by atoms with Gasteiger partial charge < -0.3 is 24.7 Å². The van der Waals surface area contributed by atoms with Gasteiger partial charge in [-0.25, -0.2) is 4.98 Å². The van der Waals surface area contributed by atoms with E-state index in [0.717, 1.165) is 34.6 Å². The number of pyridine rings is 2. The lowest BCUT2D eigenvalue weighted by Crippen LogP contribution is -2.39. The topological polar surface area (TPSA) is 96.5 Å². The van der Waals surface area contributed by atoms with E-state index in [1.54, 1.807) is 19.4 Å². The zero-order chi connectivity index (χ0) is 24.4. The Hall–Kier alpha value is -3.81. The Balaban J connectivity index is 1.77. The summed E-state index contributed by atoms with van der Waals surface area (Å²) in [7, 11) is 1.57. The summed E-state index contributed by atoms with van der Waals surface area (Å²) in [4.78, 5) is 35.2. The van der Waals surface area contributed by atoms with Crippen LogP contribution in [-0.4, -0.2) is 42.2 Å². The smallest absolute Gasteiger partial charge is 0.255 e. The molecule has 178 valence electrons. The van der Waals surface area contributed by atoms with Gasteiger partial charge in [0.2, 0.25) is 5.88 Å². The first-order valence-corrected chi connectivity index (χ1v) is 11.3. The van der Waals surface area contributed by atoms with Gasteiger partial charge in [-0.2, -0.15) is 0 Å². The predicted molar refractivity (Wildman–Crippen MR) is 132 cm³/mol. The fraction of sp³-hybridized carbons (Fsp3) is 0.346. The minimum absolute atomic E-state index is 0.114. The second kappa shape index (κ2) is 9.59. The van der Waals surface area contributed by atoms with Crippen molar-refractivity contribution < 1.29 is 14.3 Å². The van der Waals surface area contributed by atoms with Crippen LogP contribution in [0.25, 0.3) is 11.1 Å². The van der Waals surface area contributed by atoms with Crippen molar-refractivity contribution in [2.45, 2.75) is 40.3 Å². The highest BCUT2D eigenvalue weighted by Gasteiger charge is 2.27. The van der Waals surface area contributed by atoms with Crippen LogP contribution in [0.3, 0.4) is 0 Å². The highest BCUT2D eigenvalue weighted by molar-refractivity contribution is 6.01. The van der Waals surface area contributed by atoms with Crippen molar-refractivity contribution in [2.75, 3.05) is 25.2 Å². The SMILES string of the molecule is COc1ncccc1-c1cc(C(=O)NCc2c(C)cc(C)[nH]c2=O)c2c(c1)N(C(C)C)CCO2. The Labute approximate surface area is 198 Å². The summed E-state index contributed by atoms with van der Waals surface area (Å²) in [5, 5.41) is 2.91. The third kappa shape index (κ3) is 4.48. The normalized spacial score (nSPS) is 12.8. The maximum atomic E-state index is 13.4. The molecule has 1 aliphatic heterocycles. The average Bonchev–Trinajstić information content (AvgIpc) is 2.81. The second-order valence-electron chi connectivity index (χ2n) is 8.69. The number of carbonyl (C=O) groups excluding carboxylic acids is 1. The van der Waals surface area contributed by atoms with Gasteiger partial charge in [-0.05, 0) is 69.2 Å². The number of rotatable bonds is 6. The molecule has 3 heterocycles. The summed E-state index contributed by atoms with van der Waals surface area (Å²) in [6.07, 6.45) is 1.67. The number of amides is 1. The lowest BCUT2D eigenvalue weighted by Gasteiger charge is -2.35. The summed E-state index contributed by atoms with van der Waals surface area (Å²) >= 11 is 0. The number of ether oxygens (including phenoxy) is 2. The minimum Gasteiger partial charge on any atom is -0.489 e. The molecule has 3 aromatic rings. The van der Waals surface area contributed by atoms with E-state index in [1.807, 2.05) is 38.1 Å². The number of anilines is 1. The van der Waals surface area contributed by atoms with Gasteiger partial charge in [0.05, 0.1) is 24.9 Å². The monoisotopic (exact) mass is 462 g/mol. The number of carbonyl (C=O) groups is 1. The van der Waals surface area contributed by atoms with Crippen LogP contribution < -0.4 is 25.2 Å². The molecule has 34 heavy (non-hydrogen) atoms. The number of hydrogen-bond acceptors (Lipinski definition) is 6. The van der Waals surface area contributed by atoms with Crippen LogP contribution in [-0.2, 0) is 6.54 Å². The van der Waals surface area contributed by atoms with E-state index in [-0.39, 0.29) is 24.1 Å². The van der Waals surface area contributed by atoms with E-state index in [9.17, 15) is 9.59 Å². The van der Waals surface area contributed by atoms with Crippen LogP contribution in [0, 0.1) is 13.8 Å². The second-order valence-corrected chi connectivity index (χ2v) is 8.69. The molecule has 0 fully saturated rings. The molecule has 0 saturated carbocycles. The molecule has 2 N–H and O–H groups in total. The number of fused-ring (bicyclic) bond motifs is 1. The van der Waals surface area contributed by atoms with Gasteiger partial charge >= 0.3 is 0 Å². The Kier molecular flexibility index (Phi) is 6.58. The molecule has 8 heteroatoms. The van der Waals surface area contributed by atoms with E-state index in [2.05, 4.69) is 34.0 Å². The molecule has 0 radical (unpaired) electrons. The van der Waals surface area contributed by atoms with Crippen molar-refractivity contribution in [3.05, 3.63) is 69.3 Å². The maximum Gasteiger partial charge on any atom is 0.255 e. The summed E-state index contributed by atoms with van der Waals surface area (Å²) in [5.74, 6) is 0.702. The highest BCUT2D eigenvalue weighted by atomic mass is 16.5. The van der Waals surface area contributed by atoms with Gasteiger partial charge in [-0.3, -0.25) is 9.59 Å². The molecule has 4 rings (SSSR count). The van der Waals surface area contributed by atoms with Crippen LogP contribution in [0.1, 0.15) is 41.0 Å². The van der Waals surface area contributed by atoms with Crippen molar-refractivity contribution >= 4 is 11.6 Å². The Morgan fingerprint density at radius 2 is 2.09 bits per heavy atom. The molecular weight excluding hydrogens is 432 g/mol. The minimum atomic E-state index is -0.314. The third-order valence-electron chi connectivity index (χ3n) is 6.02. The van der Waals surface area contributed by atoms with Crippen molar-refractivity contribution in [1.29, 1.82) is 0 Å². The van der Waals surface area contributed by atoms with Gasteiger partial charge in [0.25, 0.3) is 11.5 Å². The standard InChI is InChI=1S/C26H30N4O4/c1-15(2)30-9-10-34-23-20(24(31)28-14-21-16(3)11-17(4)29-25(21)32)12-18(13-22(23)30)19-7-6-8-27-26(19)33-5/h6-8,11-13,15H,9-10,14H2,1-5H3,(H,28,31)(H,29,32). The lowest BCUT2D eigenvalue weighted by atomic mass is 9.99. The predicted octanol–water partition coefficient (Wildman–Crippen LogP) is 3.60. The number of benzene rings is 1. The van der Waals surface area contributed by atoms with Gasteiger partial charge in [-0.15, -0.1) is 0 Å². The fourth-order valence-corrected chi connectivity index (χ4v) is 4.34. The Bertz CT molecular complexity index is 1280. The summed E-state index contributed by atoms with van der Waals surface area (Å²) in [6.45, 7) is 9.24. The van der Waals surface area contributed by atoms with Crippen LogP contribution in [0.4, 0.5) is 5.69 Å². The van der Waals surface area contributed by atoms with E-state index in [0.29, 0.717) is 29.4 Å². The van der Waals surface area contributed by atoms with E-state index in [1.165, 1.54) is 0 Å². The summed E-state index contributed by atoms with van der Waals surface area (Å²) < 4.78 is 11.5. The highest BCUT2D eigenvalue weighted by Crippen LogP contribution is 2.41. The molecule has 0 saturated heterocycles. The summed E-state index contributed by atoms with van der Waals surface area (Å²) in [6, 6.07) is 9.67. The number of aromatic amines is 1. The molecule has 0 atom stereocenters. The quantitative estimate of drug-likeness (QED) is 0.581. The lowest BCUT2D eigenvalue weighted by molar-refractivity contribution is 0.0946. The number of hydrogen-bond donors (Lipinski definition) is 2. The molecule has 1 aromatic carbocycles. The number of aryl methyl sites for hydroxylation is 2. The zero-order valence-corrected chi connectivity index (χ0v) is 20.2. The Morgan fingerprint density at radius 1 is 1.29 bits per heavy atom. The summed E-state index contributed by atoms with van der Waals surface area (Å²) in [5.41, 5.74) is 4.78. The van der Waals surface area contributed by atoms with Crippen LogP contribution in [0.5, 0.6) is 11.6 Å². The van der Waals surface area contributed by atoms with Crippen LogP contribution >= 0.6 is 0 Å². The average molecular weight is 463 g/mol. The number of nitrogens with one attached hydrogen (secondary N) is 2. The first kappa shape index (κ1) is 23.4. The molecule has 0 unspecified atom stereocenters. The molecule has 2 aromatic heterocycles. The van der Waals surface area contributed by atoms with Crippen molar-refractivity contribution in [3.63, 3.8) is 0 Å². The first-order chi connectivity index (χ1) is 16.3. The van der Waals surface area contributed by atoms with Gasteiger partial charge in [0, 0.05) is 35.6 Å². The van der Waals surface area contributed by atoms with Gasteiger partial charge in [0.1, 0.15) is 6.61 Å². The van der Waals surface area contributed by atoms with E-state index >= 15 is 0 Å². The number of aromatic nitrogens is 2. The zero-order valence-electron chi connectivity index (χ0n) is 20.2. The van der Waals surface area contributed by atoms with Gasteiger partial charge in [0.15, 0.2) is 5.75 Å². The molecule has 1 amide bonds. The molecule has 0 spiro atoms. The van der Waals surface area contributed by atoms with Crippen molar-refractivity contribution in [2.24, 2.45) is 0 Å².